The van der Waals surface area contributed by atoms with Gasteiger partial charge in [-0.15, -0.1) is 10.2 Å². The second kappa shape index (κ2) is 8.58. The molecule has 1 atom stereocenters. The molecule has 0 saturated carbocycles. The molecule has 1 saturated heterocycles. The van der Waals surface area contributed by atoms with E-state index < -0.39 is 0 Å². The molecule has 2 aromatic carbocycles. The molecular weight excluding hydrogens is 432 g/mol. The summed E-state index contributed by atoms with van der Waals surface area (Å²) < 4.78 is 27.2. The molecule has 1 aliphatic heterocycles. The Balaban J connectivity index is 1.31. The summed E-state index contributed by atoms with van der Waals surface area (Å²) in [5.41, 5.74) is 2.13. The Morgan fingerprint density at radius 2 is 1.91 bits per heavy atom. The van der Waals surface area contributed by atoms with Crippen LogP contribution in [0, 0.1) is 11.6 Å². The maximum Gasteiger partial charge on any atom is 0.271 e. The summed E-state index contributed by atoms with van der Waals surface area (Å²) in [5.74, 6) is -0.749. The fourth-order valence-electron chi connectivity index (χ4n) is 3.88. The van der Waals surface area contributed by atoms with Crippen molar-refractivity contribution in [2.24, 2.45) is 0 Å². The molecule has 1 aliphatic rings. The largest absolute Gasteiger partial charge is 0.337 e. The highest BCUT2D eigenvalue weighted by molar-refractivity contribution is 7.14. The van der Waals surface area contributed by atoms with Gasteiger partial charge in [0, 0.05) is 30.1 Å². The van der Waals surface area contributed by atoms with Crippen LogP contribution in [0.5, 0.6) is 0 Å². The molecule has 1 amide bonds. The van der Waals surface area contributed by atoms with Gasteiger partial charge in [-0.1, -0.05) is 23.5 Å². The van der Waals surface area contributed by atoms with Crippen molar-refractivity contribution in [2.45, 2.75) is 18.8 Å². The van der Waals surface area contributed by atoms with Gasteiger partial charge in [0.05, 0.1) is 5.69 Å². The normalized spacial score (nSPS) is 16.3. The lowest BCUT2D eigenvalue weighted by Crippen LogP contribution is -2.39. The van der Waals surface area contributed by atoms with Crippen LogP contribution in [-0.4, -0.2) is 44.3 Å². The number of aromatic nitrogens is 4. The Bertz CT molecular complexity index is 1250. The molecule has 1 unspecified atom stereocenters. The molecule has 0 spiro atoms. The number of nitrogens with one attached hydrogen (secondary N) is 1. The van der Waals surface area contributed by atoms with Gasteiger partial charge in [-0.05, 0) is 55.3 Å². The Morgan fingerprint density at radius 1 is 1.09 bits per heavy atom. The number of rotatable bonds is 4. The van der Waals surface area contributed by atoms with Gasteiger partial charge < -0.3 is 4.90 Å². The minimum Gasteiger partial charge on any atom is -0.337 e. The van der Waals surface area contributed by atoms with Crippen LogP contribution in [-0.2, 0) is 0 Å². The van der Waals surface area contributed by atoms with Gasteiger partial charge in [-0.25, -0.2) is 8.78 Å². The monoisotopic (exact) mass is 451 g/mol. The first kappa shape index (κ1) is 20.4. The van der Waals surface area contributed by atoms with Crippen molar-refractivity contribution in [1.29, 1.82) is 0 Å². The third-order valence-electron chi connectivity index (χ3n) is 5.55. The van der Waals surface area contributed by atoms with E-state index in [1.54, 1.807) is 41.3 Å². The molecule has 0 aliphatic carbocycles. The topological polar surface area (TPSA) is 74.8 Å². The number of carbonyl (C=O) groups is 1. The lowest BCUT2D eigenvalue weighted by molar-refractivity contribution is 0.0701. The maximum absolute atomic E-state index is 14.1. The number of carbonyl (C=O) groups excluding carboxylic acids is 1. The fourth-order valence-corrected chi connectivity index (χ4v) is 4.87. The molecule has 4 aromatic rings. The molecule has 0 bridgehead atoms. The van der Waals surface area contributed by atoms with Gasteiger partial charge in [-0.3, -0.25) is 9.89 Å². The van der Waals surface area contributed by atoms with Crippen molar-refractivity contribution in [3.63, 3.8) is 0 Å². The van der Waals surface area contributed by atoms with Gasteiger partial charge in [0.25, 0.3) is 5.91 Å². The highest BCUT2D eigenvalue weighted by atomic mass is 32.1. The van der Waals surface area contributed by atoms with Crippen molar-refractivity contribution in [3.05, 3.63) is 76.9 Å². The Hall–Kier alpha value is -3.46. The van der Waals surface area contributed by atoms with Gasteiger partial charge in [-0.2, -0.15) is 5.10 Å². The van der Waals surface area contributed by atoms with Gasteiger partial charge in [0.2, 0.25) is 0 Å². The third-order valence-corrected chi connectivity index (χ3v) is 6.67. The Labute approximate surface area is 186 Å². The van der Waals surface area contributed by atoms with E-state index in [4.69, 9.17) is 0 Å². The molecule has 2 aromatic heterocycles. The average molecular weight is 452 g/mol. The van der Waals surface area contributed by atoms with Crippen LogP contribution in [0.15, 0.2) is 54.6 Å². The molecule has 9 heteroatoms. The molecule has 3 heterocycles. The maximum atomic E-state index is 14.1. The fraction of sp³-hybridized carbons (Fsp3) is 0.217. The zero-order valence-electron chi connectivity index (χ0n) is 17.0. The first-order valence-electron chi connectivity index (χ1n) is 10.3. The standard InChI is InChI=1S/C23H19F2N5OS/c24-16-9-7-14(8-10-16)19-12-20(27-26-19)23(31)30-11-3-4-15(13-30)21-28-29-22(32-21)17-5-1-2-6-18(17)25/h1-2,5-10,12,15H,3-4,11,13H2,(H,26,27). The molecule has 162 valence electrons. The quantitative estimate of drug-likeness (QED) is 0.479. The van der Waals surface area contributed by atoms with Crippen LogP contribution >= 0.6 is 11.3 Å². The summed E-state index contributed by atoms with van der Waals surface area (Å²) in [6.45, 7) is 1.15. The summed E-state index contributed by atoms with van der Waals surface area (Å²) in [4.78, 5) is 14.8. The first-order valence-corrected chi connectivity index (χ1v) is 11.1. The van der Waals surface area contributed by atoms with Crippen molar-refractivity contribution in [2.75, 3.05) is 13.1 Å². The number of hydrogen-bond acceptors (Lipinski definition) is 5. The van der Waals surface area contributed by atoms with Crippen LogP contribution in [0.25, 0.3) is 21.8 Å². The van der Waals surface area contributed by atoms with Crippen molar-refractivity contribution >= 4 is 17.2 Å². The molecular formula is C23H19F2N5OS. The third kappa shape index (κ3) is 4.03. The number of likely N-dealkylation sites (tertiary alicyclic amines) is 1. The number of benzene rings is 2. The molecule has 6 nitrogen and oxygen atoms in total. The van der Waals surface area contributed by atoms with Crippen LogP contribution in [0.2, 0.25) is 0 Å². The van der Waals surface area contributed by atoms with E-state index in [0.29, 0.717) is 35.0 Å². The van der Waals surface area contributed by atoms with Crippen LogP contribution in [0.1, 0.15) is 34.3 Å². The highest BCUT2D eigenvalue weighted by Gasteiger charge is 2.29. The number of H-pyrrole nitrogens is 1. The van der Waals surface area contributed by atoms with Crippen molar-refractivity contribution in [3.8, 4) is 21.8 Å². The summed E-state index contributed by atoms with van der Waals surface area (Å²) >= 11 is 1.37. The van der Waals surface area contributed by atoms with Crippen LogP contribution < -0.4 is 0 Å². The number of halogens is 2. The van der Waals surface area contributed by atoms with Gasteiger partial charge in [0.15, 0.2) is 5.01 Å². The molecule has 0 radical (unpaired) electrons. The summed E-state index contributed by atoms with van der Waals surface area (Å²) in [7, 11) is 0. The predicted octanol–water partition coefficient (Wildman–Crippen LogP) is 4.89. The van der Waals surface area contributed by atoms with E-state index in [-0.39, 0.29) is 23.5 Å². The highest BCUT2D eigenvalue weighted by Crippen LogP contribution is 2.34. The Morgan fingerprint density at radius 3 is 2.72 bits per heavy atom. The Kier molecular flexibility index (Phi) is 5.48. The first-order chi connectivity index (χ1) is 15.6. The minimum atomic E-state index is -0.327. The summed E-state index contributed by atoms with van der Waals surface area (Å²) in [5, 5.41) is 16.8. The average Bonchev–Trinajstić information content (AvgIpc) is 3.50. The molecule has 1 fully saturated rings. The zero-order valence-corrected chi connectivity index (χ0v) is 17.8. The van der Waals surface area contributed by atoms with E-state index in [9.17, 15) is 13.6 Å². The van der Waals surface area contributed by atoms with E-state index in [1.165, 1.54) is 29.5 Å². The second-order valence-electron chi connectivity index (χ2n) is 7.69. The van der Waals surface area contributed by atoms with E-state index in [1.807, 2.05) is 0 Å². The second-order valence-corrected chi connectivity index (χ2v) is 8.70. The van der Waals surface area contributed by atoms with Gasteiger partial charge in [0.1, 0.15) is 22.3 Å². The number of nitrogens with zero attached hydrogens (tertiary/aromatic N) is 4. The van der Waals surface area contributed by atoms with Gasteiger partial charge >= 0.3 is 0 Å². The smallest absolute Gasteiger partial charge is 0.271 e. The lowest BCUT2D eigenvalue weighted by atomic mass is 9.98. The minimum absolute atomic E-state index is 0.0465. The van der Waals surface area contributed by atoms with E-state index in [0.717, 1.165) is 23.4 Å². The summed E-state index contributed by atoms with van der Waals surface area (Å²) in [6.07, 6.45) is 1.73. The van der Waals surface area contributed by atoms with E-state index >= 15 is 0 Å². The molecule has 32 heavy (non-hydrogen) atoms. The van der Waals surface area contributed by atoms with Crippen molar-refractivity contribution < 1.29 is 13.6 Å². The molecule has 5 rings (SSSR count). The van der Waals surface area contributed by atoms with E-state index in [2.05, 4.69) is 20.4 Å². The van der Waals surface area contributed by atoms with Crippen LogP contribution in [0.3, 0.4) is 0 Å². The number of hydrogen-bond donors (Lipinski definition) is 1. The predicted molar refractivity (Wildman–Crippen MR) is 117 cm³/mol. The number of aromatic amines is 1. The molecule has 1 N–H and O–H groups in total. The SMILES string of the molecule is O=C(c1cc(-c2ccc(F)cc2)n[nH]1)N1CCCC(c2nnc(-c3ccccc3F)s2)C1. The lowest BCUT2D eigenvalue weighted by Gasteiger charge is -2.31. The van der Waals surface area contributed by atoms with Crippen molar-refractivity contribution in [1.82, 2.24) is 25.3 Å². The number of amides is 1. The summed E-state index contributed by atoms with van der Waals surface area (Å²) in [6, 6.07) is 14.2. The zero-order chi connectivity index (χ0) is 22.1. The van der Waals surface area contributed by atoms with Crippen LogP contribution in [0.4, 0.5) is 8.78 Å². The number of piperidine rings is 1.